The number of carbonyl (C=O) groups is 1. The third-order valence-corrected chi connectivity index (χ3v) is 2.34. The summed E-state index contributed by atoms with van der Waals surface area (Å²) in [6, 6.07) is 7.97. The van der Waals surface area contributed by atoms with Crippen LogP contribution in [0.25, 0.3) is 0 Å². The number of nitrogens with one attached hydrogen (secondary N) is 1. The second-order valence-corrected chi connectivity index (χ2v) is 3.70. The van der Waals surface area contributed by atoms with E-state index in [0.717, 1.165) is 5.69 Å². The minimum absolute atomic E-state index is 0.205. The molecule has 0 unspecified atom stereocenters. The van der Waals surface area contributed by atoms with Gasteiger partial charge in [0.25, 0.3) is 0 Å². The number of methoxy groups -OCH3 is 1. The van der Waals surface area contributed by atoms with Crippen LogP contribution in [0.2, 0.25) is 0 Å². The summed E-state index contributed by atoms with van der Waals surface area (Å²) in [5, 5.41) is 3.20. The number of esters is 1. The van der Waals surface area contributed by atoms with E-state index < -0.39 is 0 Å². The highest BCUT2D eigenvalue weighted by molar-refractivity contribution is 5.70. The van der Waals surface area contributed by atoms with Crippen molar-refractivity contribution in [2.24, 2.45) is 0 Å². The highest BCUT2D eigenvalue weighted by Crippen LogP contribution is 2.12. The molecule has 0 aliphatic carbocycles. The van der Waals surface area contributed by atoms with Gasteiger partial charge >= 0.3 is 5.97 Å². The van der Waals surface area contributed by atoms with Gasteiger partial charge in [0.1, 0.15) is 6.61 Å². The van der Waals surface area contributed by atoms with Gasteiger partial charge in [-0.2, -0.15) is 0 Å². The molecule has 0 aliphatic heterocycles. The van der Waals surface area contributed by atoms with Crippen LogP contribution in [0.15, 0.2) is 24.3 Å². The first-order chi connectivity index (χ1) is 8.24. The Kier molecular flexibility index (Phi) is 6.10. The van der Waals surface area contributed by atoms with E-state index in [9.17, 15) is 4.79 Å². The van der Waals surface area contributed by atoms with E-state index >= 15 is 0 Å². The van der Waals surface area contributed by atoms with Crippen molar-refractivity contribution < 1.29 is 14.3 Å². The summed E-state index contributed by atoms with van der Waals surface area (Å²) in [7, 11) is 1.58. The summed E-state index contributed by atoms with van der Waals surface area (Å²) in [6.07, 6.45) is 0.359. The molecule has 0 fully saturated rings. The van der Waals surface area contributed by atoms with Crippen LogP contribution in [0, 0.1) is 6.92 Å². The number of carbonyl (C=O) groups excluding carboxylic acids is 1. The van der Waals surface area contributed by atoms with Crippen LogP contribution in [0.1, 0.15) is 12.0 Å². The Hall–Kier alpha value is -1.55. The van der Waals surface area contributed by atoms with Crippen molar-refractivity contribution in [1.82, 2.24) is 0 Å². The van der Waals surface area contributed by atoms with Crippen molar-refractivity contribution in [3.8, 4) is 0 Å². The quantitative estimate of drug-likeness (QED) is 0.582. The first kappa shape index (κ1) is 13.5. The number of rotatable bonds is 7. The molecule has 1 N–H and O–H groups in total. The van der Waals surface area contributed by atoms with E-state index in [1.807, 2.05) is 31.2 Å². The SMILES string of the molecule is COCCOC(=O)CCNc1ccccc1C. The predicted octanol–water partition coefficient (Wildman–Crippen LogP) is 1.99. The second-order valence-electron chi connectivity index (χ2n) is 3.70. The lowest BCUT2D eigenvalue weighted by Crippen LogP contribution is -2.14. The van der Waals surface area contributed by atoms with Crippen LogP contribution in [0.4, 0.5) is 5.69 Å². The zero-order chi connectivity index (χ0) is 12.5. The van der Waals surface area contributed by atoms with Crippen LogP contribution in [-0.2, 0) is 14.3 Å². The largest absolute Gasteiger partial charge is 0.463 e. The van der Waals surface area contributed by atoms with Crippen LogP contribution in [0.3, 0.4) is 0 Å². The van der Waals surface area contributed by atoms with E-state index in [1.54, 1.807) is 7.11 Å². The summed E-state index contributed by atoms with van der Waals surface area (Å²) in [5.74, 6) is -0.205. The Morgan fingerprint density at radius 1 is 1.29 bits per heavy atom. The first-order valence-electron chi connectivity index (χ1n) is 5.68. The number of hydrogen-bond acceptors (Lipinski definition) is 4. The fourth-order valence-corrected chi connectivity index (χ4v) is 1.38. The van der Waals surface area contributed by atoms with Crippen molar-refractivity contribution in [3.05, 3.63) is 29.8 Å². The molecule has 17 heavy (non-hydrogen) atoms. The lowest BCUT2D eigenvalue weighted by molar-refractivity contribution is -0.144. The maximum atomic E-state index is 11.3. The average molecular weight is 237 g/mol. The molecule has 0 aliphatic rings. The Morgan fingerprint density at radius 3 is 2.76 bits per heavy atom. The van der Waals surface area contributed by atoms with Crippen LogP contribution >= 0.6 is 0 Å². The van der Waals surface area contributed by atoms with Crippen molar-refractivity contribution in [2.45, 2.75) is 13.3 Å². The number of hydrogen-bond donors (Lipinski definition) is 1. The lowest BCUT2D eigenvalue weighted by Gasteiger charge is -2.09. The number of ether oxygens (including phenoxy) is 2. The van der Waals surface area contributed by atoms with Gasteiger partial charge in [-0.05, 0) is 18.6 Å². The molecule has 0 atom stereocenters. The van der Waals surface area contributed by atoms with E-state index in [4.69, 9.17) is 9.47 Å². The monoisotopic (exact) mass is 237 g/mol. The van der Waals surface area contributed by atoms with Gasteiger partial charge in [0, 0.05) is 19.3 Å². The van der Waals surface area contributed by atoms with Gasteiger partial charge in [-0.3, -0.25) is 4.79 Å². The fraction of sp³-hybridized carbons (Fsp3) is 0.462. The van der Waals surface area contributed by atoms with E-state index in [1.165, 1.54) is 5.56 Å². The molecule has 4 heteroatoms. The lowest BCUT2D eigenvalue weighted by atomic mass is 10.2. The maximum Gasteiger partial charge on any atom is 0.307 e. The smallest absolute Gasteiger partial charge is 0.307 e. The van der Waals surface area contributed by atoms with Gasteiger partial charge < -0.3 is 14.8 Å². The fourth-order valence-electron chi connectivity index (χ4n) is 1.38. The highest BCUT2D eigenvalue weighted by Gasteiger charge is 2.02. The normalized spacial score (nSPS) is 10.0. The number of anilines is 1. The van der Waals surface area contributed by atoms with E-state index in [0.29, 0.717) is 26.2 Å². The Labute approximate surface area is 102 Å². The average Bonchev–Trinajstić information content (AvgIpc) is 2.32. The van der Waals surface area contributed by atoms with Crippen LogP contribution in [-0.4, -0.2) is 32.8 Å². The summed E-state index contributed by atoms with van der Waals surface area (Å²) in [5.41, 5.74) is 2.22. The minimum Gasteiger partial charge on any atom is -0.463 e. The Bertz CT molecular complexity index is 352. The molecule has 0 radical (unpaired) electrons. The molecule has 1 aromatic carbocycles. The van der Waals surface area contributed by atoms with Crippen molar-refractivity contribution >= 4 is 11.7 Å². The van der Waals surface area contributed by atoms with Gasteiger partial charge in [0.05, 0.1) is 13.0 Å². The zero-order valence-electron chi connectivity index (χ0n) is 10.4. The molecule has 0 spiro atoms. The van der Waals surface area contributed by atoms with Gasteiger partial charge in [0.2, 0.25) is 0 Å². The molecule has 0 amide bonds. The van der Waals surface area contributed by atoms with Crippen molar-refractivity contribution in [1.29, 1.82) is 0 Å². The summed E-state index contributed by atoms with van der Waals surface area (Å²) >= 11 is 0. The summed E-state index contributed by atoms with van der Waals surface area (Å²) in [4.78, 5) is 11.3. The number of benzene rings is 1. The van der Waals surface area contributed by atoms with Gasteiger partial charge in [-0.25, -0.2) is 0 Å². The summed E-state index contributed by atoms with van der Waals surface area (Å²) < 4.78 is 9.74. The topological polar surface area (TPSA) is 47.6 Å². The number of para-hydroxylation sites is 1. The van der Waals surface area contributed by atoms with Crippen molar-refractivity contribution in [3.63, 3.8) is 0 Å². The maximum absolute atomic E-state index is 11.3. The molecule has 0 aromatic heterocycles. The Morgan fingerprint density at radius 2 is 2.06 bits per heavy atom. The van der Waals surface area contributed by atoms with Crippen molar-refractivity contribution in [2.75, 3.05) is 32.2 Å². The Balaban J connectivity index is 2.19. The van der Waals surface area contributed by atoms with E-state index in [-0.39, 0.29) is 5.97 Å². The predicted molar refractivity (Wildman–Crippen MR) is 67.1 cm³/mol. The molecular formula is C13H19NO3. The molecule has 4 nitrogen and oxygen atoms in total. The van der Waals surface area contributed by atoms with Crippen LogP contribution < -0.4 is 5.32 Å². The zero-order valence-corrected chi connectivity index (χ0v) is 10.4. The first-order valence-corrected chi connectivity index (χ1v) is 5.68. The summed E-state index contributed by atoms with van der Waals surface area (Å²) in [6.45, 7) is 3.37. The molecule has 0 heterocycles. The second kappa shape index (κ2) is 7.68. The highest BCUT2D eigenvalue weighted by atomic mass is 16.6. The molecule has 1 rings (SSSR count). The molecule has 94 valence electrons. The van der Waals surface area contributed by atoms with Gasteiger partial charge in [-0.15, -0.1) is 0 Å². The molecule has 1 aromatic rings. The minimum atomic E-state index is -0.205. The van der Waals surface area contributed by atoms with Gasteiger partial charge in [-0.1, -0.05) is 18.2 Å². The van der Waals surface area contributed by atoms with Gasteiger partial charge in [0.15, 0.2) is 0 Å². The van der Waals surface area contributed by atoms with Crippen LogP contribution in [0.5, 0.6) is 0 Å². The standard InChI is InChI=1S/C13H19NO3/c1-11-5-3-4-6-12(11)14-8-7-13(15)17-10-9-16-2/h3-6,14H,7-10H2,1-2H3. The number of aryl methyl sites for hydroxylation is 1. The third kappa shape index (κ3) is 5.36. The molecule has 0 bridgehead atoms. The molecular weight excluding hydrogens is 218 g/mol. The third-order valence-electron chi connectivity index (χ3n) is 2.34. The molecule has 0 saturated heterocycles. The van der Waals surface area contributed by atoms with E-state index in [2.05, 4.69) is 5.32 Å². The molecule has 0 saturated carbocycles.